The Morgan fingerprint density at radius 3 is 2.50 bits per heavy atom. The molecule has 7 heteroatoms. The normalized spacial score (nSPS) is 14.7. The van der Waals surface area contributed by atoms with Gasteiger partial charge in [0, 0.05) is 0 Å². The van der Waals surface area contributed by atoms with E-state index < -0.39 is 12.1 Å². The molecule has 1 heterocycles. The molecule has 0 aliphatic heterocycles. The molecule has 2 aromatic rings. The van der Waals surface area contributed by atoms with E-state index in [1.54, 1.807) is 26.4 Å². The average Bonchev–Trinajstić information content (AvgIpc) is 3.28. The van der Waals surface area contributed by atoms with E-state index in [4.69, 9.17) is 14.2 Å². The highest BCUT2D eigenvalue weighted by Crippen LogP contribution is 2.45. The summed E-state index contributed by atoms with van der Waals surface area (Å²) in [6, 6.07) is 10.1. The lowest BCUT2D eigenvalue weighted by molar-refractivity contribution is -0.730. The number of benzene rings is 1. The molecular formula is C19H23N2O5+. The fraction of sp³-hybridized carbons (Fsp3) is 0.421. The lowest BCUT2D eigenvalue weighted by atomic mass is 10.0. The number of H-pyrrole nitrogens is 1. The fourth-order valence-electron chi connectivity index (χ4n) is 2.94. The summed E-state index contributed by atoms with van der Waals surface area (Å²) < 4.78 is 16.8. The number of aromatic nitrogens is 2. The Balaban J connectivity index is 1.59. The summed E-state index contributed by atoms with van der Waals surface area (Å²) >= 11 is 0. The molecule has 3 rings (SSSR count). The summed E-state index contributed by atoms with van der Waals surface area (Å²) in [5.41, 5.74) is 1.40. The first-order valence-corrected chi connectivity index (χ1v) is 8.68. The molecular weight excluding hydrogens is 336 g/mol. The number of esters is 1. The molecule has 0 bridgehead atoms. The van der Waals surface area contributed by atoms with E-state index in [0.29, 0.717) is 5.69 Å². The quantitative estimate of drug-likeness (QED) is 0.467. The molecule has 1 aliphatic carbocycles. The van der Waals surface area contributed by atoms with Gasteiger partial charge in [-0.2, -0.15) is 0 Å². The summed E-state index contributed by atoms with van der Waals surface area (Å²) in [5.74, 6) is -0.464. The second-order valence-corrected chi connectivity index (χ2v) is 6.49. The summed E-state index contributed by atoms with van der Waals surface area (Å²) in [7, 11) is 0. The summed E-state index contributed by atoms with van der Waals surface area (Å²) in [6.45, 7) is 3.37. The van der Waals surface area contributed by atoms with Crippen molar-refractivity contribution in [2.24, 2.45) is 0 Å². The van der Waals surface area contributed by atoms with Gasteiger partial charge in [-0.3, -0.25) is 0 Å². The van der Waals surface area contributed by atoms with Crippen LogP contribution in [0.25, 0.3) is 0 Å². The van der Waals surface area contributed by atoms with E-state index in [0.717, 1.165) is 12.8 Å². The first-order chi connectivity index (χ1) is 12.5. The third kappa shape index (κ3) is 3.87. The Morgan fingerprint density at radius 1 is 1.15 bits per heavy atom. The fourth-order valence-corrected chi connectivity index (χ4v) is 2.94. The van der Waals surface area contributed by atoms with Crippen molar-refractivity contribution in [2.75, 3.05) is 13.2 Å². The van der Waals surface area contributed by atoms with Crippen LogP contribution in [0.2, 0.25) is 0 Å². The van der Waals surface area contributed by atoms with E-state index in [1.807, 2.05) is 22.8 Å². The maximum absolute atomic E-state index is 12.4. The van der Waals surface area contributed by atoms with Crippen molar-refractivity contribution in [3.05, 3.63) is 54.1 Å². The van der Waals surface area contributed by atoms with Crippen LogP contribution in [0.5, 0.6) is 0 Å². The van der Waals surface area contributed by atoms with Crippen molar-refractivity contribution in [2.45, 2.75) is 38.3 Å². The Kier molecular flexibility index (Phi) is 5.25. The Labute approximate surface area is 151 Å². The maximum Gasteiger partial charge on any atom is 0.508 e. The van der Waals surface area contributed by atoms with Crippen LogP contribution >= 0.6 is 0 Å². The summed E-state index contributed by atoms with van der Waals surface area (Å²) in [6.07, 6.45) is 4.31. The van der Waals surface area contributed by atoms with Crippen LogP contribution in [0.1, 0.15) is 42.7 Å². The molecule has 1 aromatic heterocycles. The molecule has 26 heavy (non-hydrogen) atoms. The molecule has 0 spiro atoms. The maximum atomic E-state index is 12.4. The Bertz CT molecular complexity index is 765. The molecule has 0 saturated heterocycles. The van der Waals surface area contributed by atoms with Gasteiger partial charge in [-0.25, -0.2) is 19.1 Å². The SMILES string of the molecule is CC(C)OC(=O)OCCOC(=O)c1c[nH]c[n+]1C1(c2ccccc2)CC1. The molecule has 138 valence electrons. The number of aromatic amines is 1. The Hall–Kier alpha value is -2.83. The predicted molar refractivity (Wildman–Crippen MR) is 91.6 cm³/mol. The van der Waals surface area contributed by atoms with Crippen LogP contribution in [0.4, 0.5) is 4.79 Å². The van der Waals surface area contributed by atoms with E-state index in [2.05, 4.69) is 17.1 Å². The number of nitrogens with zero attached hydrogens (tertiary/aromatic N) is 1. The summed E-state index contributed by atoms with van der Waals surface area (Å²) in [5, 5.41) is 0. The molecule has 1 aliphatic rings. The molecule has 0 radical (unpaired) electrons. The number of hydrogen-bond donors (Lipinski definition) is 1. The van der Waals surface area contributed by atoms with Gasteiger partial charge in [0.05, 0.1) is 6.10 Å². The standard InChI is InChI=1S/C19H22N2O5/c1-14(2)26-18(23)25-11-10-24-17(22)16-12-20-13-21(16)19(8-9-19)15-6-4-3-5-7-15/h3-7,12-14H,8-11H2,1-2H3/p+1. The minimum atomic E-state index is -0.770. The third-order valence-corrected chi connectivity index (χ3v) is 4.26. The van der Waals surface area contributed by atoms with E-state index in [1.165, 1.54) is 5.56 Å². The van der Waals surface area contributed by atoms with Crippen molar-refractivity contribution in [1.82, 2.24) is 4.98 Å². The smallest absolute Gasteiger partial charge is 0.456 e. The highest BCUT2D eigenvalue weighted by molar-refractivity contribution is 5.85. The number of rotatable bonds is 7. The van der Waals surface area contributed by atoms with Crippen LogP contribution in [-0.4, -0.2) is 36.4 Å². The molecule has 1 N–H and O–H groups in total. The van der Waals surface area contributed by atoms with E-state index >= 15 is 0 Å². The zero-order valence-electron chi connectivity index (χ0n) is 14.9. The number of carbonyl (C=O) groups excluding carboxylic acids is 2. The van der Waals surface area contributed by atoms with Gasteiger partial charge < -0.3 is 14.2 Å². The number of hydrogen-bond acceptors (Lipinski definition) is 5. The minimum Gasteiger partial charge on any atom is -0.456 e. The van der Waals surface area contributed by atoms with Crippen molar-refractivity contribution in [1.29, 1.82) is 0 Å². The monoisotopic (exact) mass is 359 g/mol. The van der Waals surface area contributed by atoms with Gasteiger partial charge in [-0.15, -0.1) is 0 Å². The third-order valence-electron chi connectivity index (χ3n) is 4.26. The number of imidazole rings is 1. The van der Waals surface area contributed by atoms with E-state index in [-0.39, 0.29) is 24.9 Å². The van der Waals surface area contributed by atoms with Crippen molar-refractivity contribution in [3.63, 3.8) is 0 Å². The second-order valence-electron chi connectivity index (χ2n) is 6.49. The van der Waals surface area contributed by atoms with E-state index in [9.17, 15) is 9.59 Å². The molecule has 0 unspecified atom stereocenters. The van der Waals surface area contributed by atoms with Crippen molar-refractivity contribution < 1.29 is 28.4 Å². The van der Waals surface area contributed by atoms with Gasteiger partial charge in [-0.1, -0.05) is 30.3 Å². The van der Waals surface area contributed by atoms with Gasteiger partial charge in [0.25, 0.3) is 5.69 Å². The first kappa shape index (κ1) is 18.0. The zero-order chi connectivity index (χ0) is 18.6. The molecule has 0 atom stereocenters. The Morgan fingerprint density at radius 2 is 1.85 bits per heavy atom. The number of nitrogens with one attached hydrogen (secondary N) is 1. The number of carbonyl (C=O) groups is 2. The lowest BCUT2D eigenvalue weighted by Crippen LogP contribution is -2.50. The minimum absolute atomic E-state index is 0.0322. The molecule has 1 aromatic carbocycles. The van der Waals surface area contributed by atoms with Crippen LogP contribution < -0.4 is 4.57 Å². The van der Waals surface area contributed by atoms with Crippen molar-refractivity contribution >= 4 is 12.1 Å². The average molecular weight is 359 g/mol. The van der Waals surface area contributed by atoms with Gasteiger partial charge >= 0.3 is 12.1 Å². The summed E-state index contributed by atoms with van der Waals surface area (Å²) in [4.78, 5) is 26.7. The van der Waals surface area contributed by atoms with Crippen molar-refractivity contribution in [3.8, 4) is 0 Å². The molecule has 7 nitrogen and oxygen atoms in total. The second kappa shape index (κ2) is 7.59. The van der Waals surface area contributed by atoms with Gasteiger partial charge in [0.2, 0.25) is 6.33 Å². The molecule has 1 saturated carbocycles. The van der Waals surface area contributed by atoms with Crippen LogP contribution in [0.15, 0.2) is 42.9 Å². The highest BCUT2D eigenvalue weighted by atomic mass is 16.7. The zero-order valence-corrected chi connectivity index (χ0v) is 14.9. The van der Waals surface area contributed by atoms with Gasteiger partial charge in [0.1, 0.15) is 24.9 Å². The number of ether oxygens (including phenoxy) is 3. The lowest BCUT2D eigenvalue weighted by Gasteiger charge is -2.14. The largest absolute Gasteiger partial charge is 0.508 e. The highest BCUT2D eigenvalue weighted by Gasteiger charge is 2.52. The molecule has 0 amide bonds. The topological polar surface area (TPSA) is 81.5 Å². The van der Waals surface area contributed by atoms with Crippen LogP contribution in [0.3, 0.4) is 0 Å². The first-order valence-electron chi connectivity index (χ1n) is 8.68. The van der Waals surface area contributed by atoms with Crippen LogP contribution in [-0.2, 0) is 19.7 Å². The molecule has 1 fully saturated rings. The van der Waals surface area contributed by atoms with Gasteiger partial charge in [-0.05, 0) is 32.3 Å². The van der Waals surface area contributed by atoms with Crippen LogP contribution in [0, 0.1) is 0 Å². The van der Waals surface area contributed by atoms with Gasteiger partial charge in [0.15, 0.2) is 0 Å². The predicted octanol–water partition coefficient (Wildman–Crippen LogP) is 2.56.